The van der Waals surface area contributed by atoms with Gasteiger partial charge in [0, 0.05) is 17.7 Å². The molecule has 0 heterocycles. The van der Waals surface area contributed by atoms with Crippen molar-refractivity contribution in [3.05, 3.63) is 11.1 Å². The van der Waals surface area contributed by atoms with Crippen LogP contribution in [0.4, 0.5) is 0 Å². The predicted molar refractivity (Wildman–Crippen MR) is 86.1 cm³/mol. The van der Waals surface area contributed by atoms with Crippen LogP contribution in [0, 0.1) is 6.92 Å². The minimum atomic E-state index is 0.0232. The minimum Gasteiger partial charge on any atom is -0.504 e. The van der Waals surface area contributed by atoms with E-state index in [1.165, 1.54) is 14.2 Å². The molecule has 5 heteroatoms. The summed E-state index contributed by atoms with van der Waals surface area (Å²) in [6, 6.07) is 0. The van der Waals surface area contributed by atoms with Gasteiger partial charge in [-0.2, -0.15) is 0 Å². The van der Waals surface area contributed by atoms with Crippen molar-refractivity contribution < 1.29 is 24.8 Å². The molecule has 0 radical (unpaired) electrons. The summed E-state index contributed by atoms with van der Waals surface area (Å²) in [4.78, 5) is 0. The number of phenols is 2. The fourth-order valence-electron chi connectivity index (χ4n) is 2.65. The van der Waals surface area contributed by atoms with Gasteiger partial charge in [0.2, 0.25) is 11.5 Å². The summed E-state index contributed by atoms with van der Waals surface area (Å²) in [7, 11) is 2.87. The van der Waals surface area contributed by atoms with Gasteiger partial charge in [-0.3, -0.25) is 0 Å². The van der Waals surface area contributed by atoms with E-state index in [1.54, 1.807) is 6.92 Å². The highest BCUT2D eigenvalue weighted by atomic mass is 16.5. The molecule has 0 fully saturated rings. The smallest absolute Gasteiger partial charge is 0.207 e. The zero-order valence-corrected chi connectivity index (χ0v) is 13.8. The van der Waals surface area contributed by atoms with Gasteiger partial charge in [-0.15, -0.1) is 0 Å². The molecule has 0 aliphatic carbocycles. The van der Waals surface area contributed by atoms with Gasteiger partial charge in [0.15, 0.2) is 11.5 Å². The van der Waals surface area contributed by atoms with Crippen molar-refractivity contribution in [2.75, 3.05) is 20.8 Å². The fourth-order valence-corrected chi connectivity index (χ4v) is 2.65. The Balaban J connectivity index is 2.69. The Morgan fingerprint density at radius 3 is 1.82 bits per heavy atom. The Morgan fingerprint density at radius 1 is 0.773 bits per heavy atom. The van der Waals surface area contributed by atoms with Gasteiger partial charge >= 0.3 is 0 Å². The van der Waals surface area contributed by atoms with Crippen molar-refractivity contribution in [2.24, 2.45) is 0 Å². The fraction of sp³-hybridized carbons (Fsp3) is 0.647. The van der Waals surface area contributed by atoms with E-state index in [2.05, 4.69) is 0 Å². The third kappa shape index (κ3) is 4.44. The van der Waals surface area contributed by atoms with Crippen LogP contribution in [-0.2, 0) is 6.42 Å². The first-order chi connectivity index (χ1) is 10.6. The molecule has 0 aliphatic heterocycles. The lowest BCUT2D eigenvalue weighted by Gasteiger charge is -2.17. The number of hydrogen-bond acceptors (Lipinski definition) is 5. The average Bonchev–Trinajstić information content (AvgIpc) is 2.52. The number of aliphatic hydroxyl groups excluding tert-OH is 1. The van der Waals surface area contributed by atoms with Crippen molar-refractivity contribution >= 4 is 0 Å². The molecule has 0 unspecified atom stereocenters. The summed E-state index contributed by atoms with van der Waals surface area (Å²) in [5.74, 6) is 0.429. The van der Waals surface area contributed by atoms with Gasteiger partial charge in [-0.25, -0.2) is 0 Å². The number of hydrogen-bond donors (Lipinski definition) is 3. The highest BCUT2D eigenvalue weighted by molar-refractivity contribution is 5.65. The lowest BCUT2D eigenvalue weighted by atomic mass is 9.98. The van der Waals surface area contributed by atoms with E-state index in [-0.39, 0.29) is 29.6 Å². The summed E-state index contributed by atoms with van der Waals surface area (Å²) in [6.45, 7) is 2.03. The summed E-state index contributed by atoms with van der Waals surface area (Å²) in [5.41, 5.74) is 1.35. The zero-order valence-electron chi connectivity index (χ0n) is 13.8. The molecule has 0 bridgehead atoms. The first kappa shape index (κ1) is 18.4. The third-order valence-corrected chi connectivity index (χ3v) is 3.97. The molecule has 1 rings (SSSR count). The lowest BCUT2D eigenvalue weighted by molar-refractivity contribution is 0.282. The van der Waals surface area contributed by atoms with Crippen LogP contribution in [0.5, 0.6) is 23.0 Å². The van der Waals surface area contributed by atoms with Crippen molar-refractivity contribution in [3.63, 3.8) is 0 Å². The molecule has 1 aromatic rings. The Morgan fingerprint density at radius 2 is 1.27 bits per heavy atom. The standard InChI is InChI=1S/C17H28O5/c1-12-13(10-8-6-4-5-7-9-11-18)15(20)17(22-3)16(21-2)14(12)19/h18-20H,4-11H2,1-3H3. The summed E-state index contributed by atoms with van der Waals surface area (Å²) in [5, 5.41) is 29.2. The lowest BCUT2D eigenvalue weighted by Crippen LogP contribution is -1.99. The largest absolute Gasteiger partial charge is 0.504 e. The van der Waals surface area contributed by atoms with Gasteiger partial charge in [-0.1, -0.05) is 25.7 Å². The maximum atomic E-state index is 10.3. The minimum absolute atomic E-state index is 0.0232. The van der Waals surface area contributed by atoms with Gasteiger partial charge in [-0.05, 0) is 26.2 Å². The first-order valence-electron chi connectivity index (χ1n) is 7.84. The van der Waals surface area contributed by atoms with Gasteiger partial charge in [0.05, 0.1) is 14.2 Å². The molecule has 126 valence electrons. The molecule has 0 aliphatic rings. The Hall–Kier alpha value is -1.62. The zero-order chi connectivity index (χ0) is 16.5. The van der Waals surface area contributed by atoms with Crippen LogP contribution in [-0.4, -0.2) is 36.1 Å². The number of methoxy groups -OCH3 is 2. The van der Waals surface area contributed by atoms with Gasteiger partial charge < -0.3 is 24.8 Å². The quantitative estimate of drug-likeness (QED) is 0.456. The number of aliphatic hydroxyl groups is 1. The summed E-state index contributed by atoms with van der Waals surface area (Å²) >= 11 is 0. The first-order valence-corrected chi connectivity index (χ1v) is 7.84. The molecule has 1 aromatic carbocycles. The number of ether oxygens (including phenoxy) is 2. The highest BCUT2D eigenvalue weighted by Crippen LogP contribution is 2.48. The van der Waals surface area contributed by atoms with Crippen molar-refractivity contribution in [2.45, 2.75) is 51.9 Å². The van der Waals surface area contributed by atoms with Crippen LogP contribution in [0.2, 0.25) is 0 Å². The second-order valence-corrected chi connectivity index (χ2v) is 5.46. The van der Waals surface area contributed by atoms with Crippen LogP contribution < -0.4 is 9.47 Å². The molecular weight excluding hydrogens is 284 g/mol. The Labute approximate surface area is 132 Å². The monoisotopic (exact) mass is 312 g/mol. The number of phenolic OH excluding ortho intramolecular Hbond substituents is 2. The third-order valence-electron chi connectivity index (χ3n) is 3.97. The molecular formula is C17H28O5. The van der Waals surface area contributed by atoms with Crippen LogP contribution >= 0.6 is 0 Å². The SMILES string of the molecule is COc1c(O)c(C)c(CCCCCCCCO)c(O)c1OC. The van der Waals surface area contributed by atoms with Crippen molar-refractivity contribution in [1.82, 2.24) is 0 Å². The second-order valence-electron chi connectivity index (χ2n) is 5.46. The van der Waals surface area contributed by atoms with Crippen LogP contribution in [0.25, 0.3) is 0 Å². The molecule has 0 spiro atoms. The number of unbranched alkanes of at least 4 members (excludes halogenated alkanes) is 5. The van der Waals surface area contributed by atoms with Gasteiger partial charge in [0.25, 0.3) is 0 Å². The van der Waals surface area contributed by atoms with Crippen LogP contribution in [0.3, 0.4) is 0 Å². The van der Waals surface area contributed by atoms with Crippen LogP contribution in [0.15, 0.2) is 0 Å². The maximum absolute atomic E-state index is 10.3. The molecule has 0 amide bonds. The summed E-state index contributed by atoms with van der Waals surface area (Å²) < 4.78 is 10.3. The summed E-state index contributed by atoms with van der Waals surface area (Å²) in [6.07, 6.45) is 6.82. The van der Waals surface area contributed by atoms with Crippen LogP contribution in [0.1, 0.15) is 49.7 Å². The topological polar surface area (TPSA) is 79.2 Å². The molecule has 0 saturated heterocycles. The Kier molecular flexibility index (Phi) is 7.88. The number of aromatic hydroxyl groups is 2. The van der Waals surface area contributed by atoms with E-state index in [0.717, 1.165) is 38.5 Å². The normalized spacial score (nSPS) is 10.7. The average molecular weight is 312 g/mol. The number of benzene rings is 1. The van der Waals surface area contributed by atoms with Crippen molar-refractivity contribution in [1.29, 1.82) is 0 Å². The molecule has 0 aromatic heterocycles. The highest BCUT2D eigenvalue weighted by Gasteiger charge is 2.22. The molecule has 0 atom stereocenters. The molecule has 5 nitrogen and oxygen atoms in total. The van der Waals surface area contributed by atoms with E-state index in [1.807, 2.05) is 0 Å². The maximum Gasteiger partial charge on any atom is 0.207 e. The second kappa shape index (κ2) is 9.41. The number of rotatable bonds is 10. The van der Waals surface area contributed by atoms with E-state index in [0.29, 0.717) is 17.5 Å². The molecule has 3 N–H and O–H groups in total. The molecule has 22 heavy (non-hydrogen) atoms. The van der Waals surface area contributed by atoms with E-state index >= 15 is 0 Å². The predicted octanol–water partition coefficient (Wildman–Crippen LogP) is 3.30. The van der Waals surface area contributed by atoms with E-state index < -0.39 is 0 Å². The van der Waals surface area contributed by atoms with Crippen molar-refractivity contribution in [3.8, 4) is 23.0 Å². The molecule has 0 saturated carbocycles. The van der Waals surface area contributed by atoms with E-state index in [9.17, 15) is 10.2 Å². The Bertz CT molecular complexity index is 471. The van der Waals surface area contributed by atoms with Gasteiger partial charge in [0.1, 0.15) is 0 Å². The van der Waals surface area contributed by atoms with E-state index in [4.69, 9.17) is 14.6 Å².